The normalized spacial score (nSPS) is 15.3. The highest BCUT2D eigenvalue weighted by atomic mass is 32.2. The molecule has 0 bridgehead atoms. The number of ether oxygens (including phenoxy) is 1. The lowest BCUT2D eigenvalue weighted by molar-refractivity contribution is 0.333. The highest BCUT2D eigenvalue weighted by Crippen LogP contribution is 2.36. The lowest BCUT2D eigenvalue weighted by Crippen LogP contribution is -2.10. The van der Waals surface area contributed by atoms with Gasteiger partial charge in [0.15, 0.2) is 0 Å². The van der Waals surface area contributed by atoms with Gasteiger partial charge >= 0.3 is 0 Å². The molecule has 0 aliphatic heterocycles. The zero-order chi connectivity index (χ0) is 25.0. The molecular weight excluding hydrogens is 464 g/mol. The minimum atomic E-state index is -4.66. The average Bonchev–Trinajstić information content (AvgIpc) is 2.66. The summed E-state index contributed by atoms with van der Waals surface area (Å²) in [4.78, 5) is -0.967. The first-order chi connectivity index (χ1) is 15.2. The molecule has 2 aromatic rings. The predicted molar refractivity (Wildman–Crippen MR) is 128 cm³/mol. The third-order valence-corrected chi connectivity index (χ3v) is 7.36. The summed E-state index contributed by atoms with van der Waals surface area (Å²) in [6.45, 7) is 10.8. The van der Waals surface area contributed by atoms with E-state index in [9.17, 15) is 25.9 Å². The quantitative estimate of drug-likeness (QED) is 0.355. The Balaban J connectivity index is 2.31. The Morgan fingerprint density at radius 2 is 1.27 bits per heavy atom. The summed E-state index contributed by atoms with van der Waals surface area (Å²) in [5.74, 6) is 1.22. The lowest BCUT2D eigenvalue weighted by Gasteiger charge is -2.22. The van der Waals surface area contributed by atoms with E-state index >= 15 is 0 Å². The van der Waals surface area contributed by atoms with Gasteiger partial charge in [-0.15, -0.1) is 0 Å². The van der Waals surface area contributed by atoms with Crippen molar-refractivity contribution in [1.82, 2.24) is 0 Å². The van der Waals surface area contributed by atoms with E-state index in [0.29, 0.717) is 17.8 Å². The maximum absolute atomic E-state index is 12.1. The van der Waals surface area contributed by atoms with Crippen molar-refractivity contribution in [2.75, 3.05) is 0 Å². The van der Waals surface area contributed by atoms with E-state index in [1.165, 1.54) is 30.3 Å². The van der Waals surface area contributed by atoms with Crippen LogP contribution in [0.4, 0.5) is 0 Å². The van der Waals surface area contributed by atoms with E-state index in [1.54, 1.807) is 6.07 Å². The van der Waals surface area contributed by atoms with Gasteiger partial charge in [0.1, 0.15) is 21.3 Å². The molecule has 3 unspecified atom stereocenters. The van der Waals surface area contributed by atoms with Crippen LogP contribution in [0.25, 0.3) is 0 Å². The zero-order valence-corrected chi connectivity index (χ0v) is 21.4. The number of hydrogen-bond donors (Lipinski definition) is 2. The second kappa shape index (κ2) is 11.0. The molecule has 0 aromatic heterocycles. The highest BCUT2D eigenvalue weighted by Gasteiger charge is 2.23. The predicted octanol–water partition coefficient (Wildman–Crippen LogP) is 6.17. The Hall–Kier alpha value is -1.94. The molecule has 7 nitrogen and oxygen atoms in total. The lowest BCUT2D eigenvalue weighted by atomic mass is 9.84. The molecule has 2 rings (SSSR count). The molecule has 0 saturated heterocycles. The van der Waals surface area contributed by atoms with Gasteiger partial charge in [-0.1, -0.05) is 52.8 Å². The van der Waals surface area contributed by atoms with Gasteiger partial charge in [-0.05, 0) is 72.8 Å². The molecule has 2 aromatic carbocycles. The summed E-state index contributed by atoms with van der Waals surface area (Å²) in [5.41, 5.74) is 0.724. The smallest absolute Gasteiger partial charge is 0.298 e. The minimum absolute atomic E-state index is 0.0332. The van der Waals surface area contributed by atoms with Crippen LogP contribution in [0.15, 0.2) is 52.3 Å². The first-order valence-electron chi connectivity index (χ1n) is 11.0. The van der Waals surface area contributed by atoms with E-state index in [4.69, 9.17) is 4.74 Å². The third-order valence-electron chi connectivity index (χ3n) is 5.60. The Kier molecular flexibility index (Phi) is 9.09. The minimum Gasteiger partial charge on any atom is -0.454 e. The molecule has 0 amide bonds. The summed E-state index contributed by atoms with van der Waals surface area (Å²) in [7, 11) is -9.25. The molecule has 2 N–H and O–H groups in total. The summed E-state index contributed by atoms with van der Waals surface area (Å²) in [6.07, 6.45) is 3.07. The van der Waals surface area contributed by atoms with Gasteiger partial charge in [-0.2, -0.15) is 16.8 Å². The van der Waals surface area contributed by atoms with Crippen molar-refractivity contribution in [3.05, 3.63) is 48.0 Å². The van der Waals surface area contributed by atoms with E-state index < -0.39 is 30.0 Å². The van der Waals surface area contributed by atoms with Crippen molar-refractivity contribution in [2.24, 2.45) is 17.8 Å². The molecule has 0 aliphatic carbocycles. The molecule has 184 valence electrons. The monoisotopic (exact) mass is 498 g/mol. The van der Waals surface area contributed by atoms with Crippen molar-refractivity contribution < 1.29 is 30.7 Å². The Morgan fingerprint density at radius 3 is 1.85 bits per heavy atom. The van der Waals surface area contributed by atoms with Gasteiger partial charge in [0.05, 0.1) is 0 Å². The first kappa shape index (κ1) is 27.3. The maximum atomic E-state index is 12.1. The van der Waals surface area contributed by atoms with Crippen molar-refractivity contribution in [1.29, 1.82) is 0 Å². The largest absolute Gasteiger partial charge is 0.454 e. The molecule has 0 spiro atoms. The van der Waals surface area contributed by atoms with Crippen LogP contribution in [0.5, 0.6) is 11.5 Å². The summed E-state index contributed by atoms with van der Waals surface area (Å²) in [6, 6.07) is 9.75. The van der Waals surface area contributed by atoms with Crippen LogP contribution in [-0.2, 0) is 20.2 Å². The standard InChI is InChI=1S/C24H34O7S2/c1-16(2)12-17(3)13-18(4)14-19(5)20-10-11-22(24(15-20)33(28,29)30)31-21-8-6-7-9-23(21)32(25,26)27/h6-11,15-19H,12-14H2,1-5H3,(H,25,26,27)(H,28,29,30). The van der Waals surface area contributed by atoms with Gasteiger partial charge in [0, 0.05) is 0 Å². The average molecular weight is 499 g/mol. The topological polar surface area (TPSA) is 118 Å². The maximum Gasteiger partial charge on any atom is 0.298 e. The number of rotatable bonds is 11. The SMILES string of the molecule is CC(C)CC(C)CC(C)CC(C)c1ccc(Oc2ccccc2S(=O)(=O)O)c(S(=O)(=O)O)c1. The molecule has 0 saturated carbocycles. The first-order valence-corrected chi connectivity index (χ1v) is 13.9. The van der Waals surface area contributed by atoms with E-state index in [-0.39, 0.29) is 17.4 Å². The van der Waals surface area contributed by atoms with Crippen molar-refractivity contribution >= 4 is 20.2 Å². The Labute approximate surface area is 197 Å². The number of benzene rings is 2. The summed E-state index contributed by atoms with van der Waals surface area (Å²) in [5, 5.41) is 0. The van der Waals surface area contributed by atoms with E-state index in [2.05, 4.69) is 27.7 Å². The van der Waals surface area contributed by atoms with Crippen molar-refractivity contribution in [3.8, 4) is 11.5 Å². The van der Waals surface area contributed by atoms with Crippen LogP contribution in [0.2, 0.25) is 0 Å². The van der Waals surface area contributed by atoms with Crippen LogP contribution >= 0.6 is 0 Å². The van der Waals surface area contributed by atoms with Gasteiger partial charge in [-0.25, -0.2) is 0 Å². The van der Waals surface area contributed by atoms with Crippen LogP contribution in [-0.4, -0.2) is 25.9 Å². The molecule has 3 atom stereocenters. The van der Waals surface area contributed by atoms with Crippen LogP contribution in [0.1, 0.15) is 65.4 Å². The number of hydrogen-bond acceptors (Lipinski definition) is 5. The van der Waals surface area contributed by atoms with Gasteiger partial charge in [0.25, 0.3) is 20.2 Å². The zero-order valence-electron chi connectivity index (χ0n) is 19.7. The van der Waals surface area contributed by atoms with Crippen LogP contribution < -0.4 is 4.74 Å². The Morgan fingerprint density at radius 1 is 0.727 bits per heavy atom. The molecule has 0 aliphatic rings. The van der Waals surface area contributed by atoms with E-state index in [1.807, 2.05) is 6.92 Å². The molecule has 0 fully saturated rings. The van der Waals surface area contributed by atoms with Crippen LogP contribution in [0.3, 0.4) is 0 Å². The fraction of sp³-hybridized carbons (Fsp3) is 0.500. The molecule has 0 heterocycles. The van der Waals surface area contributed by atoms with Crippen LogP contribution in [0, 0.1) is 17.8 Å². The summed E-state index contributed by atoms with van der Waals surface area (Å²) < 4.78 is 72.1. The van der Waals surface area contributed by atoms with Gasteiger partial charge in [0.2, 0.25) is 0 Å². The van der Waals surface area contributed by atoms with Crippen molar-refractivity contribution in [3.63, 3.8) is 0 Å². The second-order valence-electron chi connectivity index (χ2n) is 9.42. The molecule has 33 heavy (non-hydrogen) atoms. The highest BCUT2D eigenvalue weighted by molar-refractivity contribution is 7.86. The molecule has 0 radical (unpaired) electrons. The third kappa shape index (κ3) is 8.10. The molecular formula is C24H34O7S2. The second-order valence-corrected chi connectivity index (χ2v) is 12.2. The van der Waals surface area contributed by atoms with Gasteiger partial charge in [-0.3, -0.25) is 9.11 Å². The fourth-order valence-corrected chi connectivity index (χ4v) is 5.67. The molecule has 9 heteroatoms. The van der Waals surface area contributed by atoms with Crippen molar-refractivity contribution in [2.45, 2.75) is 69.6 Å². The summed E-state index contributed by atoms with van der Waals surface area (Å²) >= 11 is 0. The number of para-hydroxylation sites is 1. The Bertz CT molecular complexity index is 1160. The van der Waals surface area contributed by atoms with Gasteiger partial charge < -0.3 is 4.74 Å². The van der Waals surface area contributed by atoms with E-state index in [0.717, 1.165) is 30.9 Å². The fourth-order valence-electron chi connectivity index (χ4n) is 4.41.